The number of carbonyl (C=O) groups is 4. The van der Waals surface area contributed by atoms with Gasteiger partial charge in [-0.25, -0.2) is 12.4 Å². The molecular weight excluding hydrogens is 598 g/mol. The van der Waals surface area contributed by atoms with E-state index in [1.54, 1.807) is 42.5 Å². The first-order valence-corrected chi connectivity index (χ1v) is 15.1. The molecular formula is C30H33NO12S. The average molecular weight is 632 g/mol. The molecule has 0 radical (unpaired) electrons. The SMILES string of the molecule is CC(=O)OC[C@@H]1O[C@H](OCCc2cn(S(=O)(=O)c3ccccc3)c3ccccc23)[C@@H](OC(C)=O)[C@H](OC(C)=O)[C@H]1OC(C)=O. The third-order valence-electron chi connectivity index (χ3n) is 6.66. The van der Waals surface area contributed by atoms with Crippen molar-refractivity contribution in [3.8, 4) is 0 Å². The molecule has 1 aliphatic rings. The molecule has 4 rings (SSSR count). The zero-order chi connectivity index (χ0) is 32.0. The van der Waals surface area contributed by atoms with E-state index in [1.807, 2.05) is 0 Å². The molecule has 236 valence electrons. The van der Waals surface area contributed by atoms with E-state index in [0.717, 1.165) is 20.8 Å². The molecule has 13 nitrogen and oxygen atoms in total. The van der Waals surface area contributed by atoms with Gasteiger partial charge in [-0.15, -0.1) is 0 Å². The Balaban J connectivity index is 1.62. The van der Waals surface area contributed by atoms with Crippen molar-refractivity contribution in [1.82, 2.24) is 3.97 Å². The van der Waals surface area contributed by atoms with Crippen LogP contribution in [0.25, 0.3) is 10.9 Å². The zero-order valence-electron chi connectivity index (χ0n) is 24.5. The Kier molecular flexibility index (Phi) is 10.4. The van der Waals surface area contributed by atoms with Gasteiger partial charge < -0.3 is 28.4 Å². The van der Waals surface area contributed by atoms with Crippen molar-refractivity contribution < 1.29 is 56.0 Å². The van der Waals surface area contributed by atoms with Crippen LogP contribution in [0.3, 0.4) is 0 Å². The fraction of sp³-hybridized carbons (Fsp3) is 0.400. The summed E-state index contributed by atoms with van der Waals surface area (Å²) in [4.78, 5) is 47.7. The first kappa shape index (κ1) is 32.6. The number of hydrogen-bond acceptors (Lipinski definition) is 12. The lowest BCUT2D eigenvalue weighted by atomic mass is 9.98. The third kappa shape index (κ3) is 7.62. The van der Waals surface area contributed by atoms with Crippen LogP contribution in [0.4, 0.5) is 0 Å². The van der Waals surface area contributed by atoms with Crippen LogP contribution in [0.2, 0.25) is 0 Å². The molecule has 1 aliphatic heterocycles. The number of ether oxygens (including phenoxy) is 6. The molecule has 2 aromatic carbocycles. The number of fused-ring (bicyclic) bond motifs is 1. The van der Waals surface area contributed by atoms with E-state index in [0.29, 0.717) is 16.5 Å². The van der Waals surface area contributed by atoms with Gasteiger partial charge in [-0.2, -0.15) is 0 Å². The molecule has 14 heteroatoms. The first-order valence-electron chi connectivity index (χ1n) is 13.7. The summed E-state index contributed by atoms with van der Waals surface area (Å²) in [6, 6.07) is 15.0. The second-order valence-corrected chi connectivity index (χ2v) is 11.8. The highest BCUT2D eigenvalue weighted by atomic mass is 32.2. The standard InChI is InChI=1S/C30H33NO12S/c1-18(32)39-17-26-27(40-19(2)33)28(41-20(3)34)29(42-21(4)35)30(43-26)38-15-14-22-16-31(25-13-9-8-12-24(22)25)44(36,37)23-10-6-5-7-11-23/h5-13,16,26-30H,14-15,17H2,1-4H3/t26-,27-,28+,29-,30-/m0/s1. The fourth-order valence-corrected chi connectivity index (χ4v) is 6.34. The summed E-state index contributed by atoms with van der Waals surface area (Å²) in [5.41, 5.74) is 1.12. The van der Waals surface area contributed by atoms with Crippen molar-refractivity contribution >= 4 is 44.8 Å². The molecule has 0 saturated carbocycles. The van der Waals surface area contributed by atoms with Crippen LogP contribution in [-0.2, 0) is 64.0 Å². The molecule has 0 N–H and O–H groups in total. The summed E-state index contributed by atoms with van der Waals surface area (Å²) in [5, 5.41) is 0.678. The highest BCUT2D eigenvalue weighted by Gasteiger charge is 2.52. The number of aromatic nitrogens is 1. The van der Waals surface area contributed by atoms with Crippen LogP contribution >= 0.6 is 0 Å². The van der Waals surface area contributed by atoms with Gasteiger partial charge in [0.25, 0.3) is 10.0 Å². The molecule has 0 bridgehead atoms. The molecule has 0 unspecified atom stereocenters. The Hall–Kier alpha value is -4.27. The summed E-state index contributed by atoms with van der Waals surface area (Å²) < 4.78 is 61.4. The summed E-state index contributed by atoms with van der Waals surface area (Å²) in [6.07, 6.45) is -4.82. The number of para-hydroxylation sites is 1. The van der Waals surface area contributed by atoms with E-state index < -0.39 is 64.6 Å². The smallest absolute Gasteiger partial charge is 0.303 e. The van der Waals surface area contributed by atoms with E-state index in [1.165, 1.54) is 29.2 Å². The molecule has 1 saturated heterocycles. The van der Waals surface area contributed by atoms with E-state index in [-0.39, 0.29) is 24.5 Å². The van der Waals surface area contributed by atoms with Crippen molar-refractivity contribution in [2.45, 2.75) is 69.7 Å². The van der Waals surface area contributed by atoms with Gasteiger partial charge in [0.15, 0.2) is 24.6 Å². The van der Waals surface area contributed by atoms with Crippen LogP contribution in [0.5, 0.6) is 0 Å². The van der Waals surface area contributed by atoms with Crippen LogP contribution in [-0.4, -0.2) is 80.2 Å². The van der Waals surface area contributed by atoms with E-state index in [9.17, 15) is 27.6 Å². The molecule has 44 heavy (non-hydrogen) atoms. The number of carbonyl (C=O) groups excluding carboxylic acids is 4. The summed E-state index contributed by atoms with van der Waals surface area (Å²) in [5.74, 6) is -2.89. The highest BCUT2D eigenvalue weighted by Crippen LogP contribution is 2.31. The van der Waals surface area contributed by atoms with Crippen molar-refractivity contribution in [1.29, 1.82) is 0 Å². The predicted molar refractivity (Wildman–Crippen MR) is 153 cm³/mol. The van der Waals surface area contributed by atoms with Gasteiger partial charge in [0.2, 0.25) is 0 Å². The summed E-state index contributed by atoms with van der Waals surface area (Å²) >= 11 is 0. The molecule has 1 aromatic heterocycles. The lowest BCUT2D eigenvalue weighted by molar-refractivity contribution is -0.307. The van der Waals surface area contributed by atoms with Crippen LogP contribution in [0.1, 0.15) is 33.3 Å². The Labute approximate surface area is 254 Å². The monoisotopic (exact) mass is 631 g/mol. The van der Waals surface area contributed by atoms with Gasteiger partial charge in [0, 0.05) is 39.3 Å². The van der Waals surface area contributed by atoms with E-state index in [2.05, 4.69) is 0 Å². The van der Waals surface area contributed by atoms with E-state index in [4.69, 9.17) is 28.4 Å². The Morgan fingerprint density at radius 1 is 0.773 bits per heavy atom. The Morgan fingerprint density at radius 3 is 2.00 bits per heavy atom. The number of nitrogens with zero attached hydrogens (tertiary/aromatic N) is 1. The average Bonchev–Trinajstić information content (AvgIpc) is 3.34. The topological polar surface area (TPSA) is 163 Å². The molecule has 0 amide bonds. The molecule has 0 spiro atoms. The third-order valence-corrected chi connectivity index (χ3v) is 8.35. The van der Waals surface area contributed by atoms with Gasteiger partial charge in [-0.05, 0) is 30.2 Å². The normalized spacial score (nSPS) is 21.8. The maximum atomic E-state index is 13.5. The number of benzene rings is 2. The zero-order valence-corrected chi connectivity index (χ0v) is 25.4. The quantitative estimate of drug-likeness (QED) is 0.225. The van der Waals surface area contributed by atoms with Crippen molar-refractivity contribution in [3.63, 3.8) is 0 Å². The van der Waals surface area contributed by atoms with Crippen molar-refractivity contribution in [3.05, 3.63) is 66.4 Å². The van der Waals surface area contributed by atoms with Gasteiger partial charge in [-0.1, -0.05) is 36.4 Å². The highest BCUT2D eigenvalue weighted by molar-refractivity contribution is 7.90. The van der Waals surface area contributed by atoms with Gasteiger partial charge in [0.05, 0.1) is 17.0 Å². The molecule has 2 heterocycles. The fourth-order valence-electron chi connectivity index (χ4n) is 4.93. The number of esters is 4. The van der Waals surface area contributed by atoms with Crippen LogP contribution in [0, 0.1) is 0 Å². The number of hydrogen-bond donors (Lipinski definition) is 0. The number of rotatable bonds is 11. The minimum atomic E-state index is -3.91. The predicted octanol–water partition coefficient (Wildman–Crippen LogP) is 2.52. The largest absolute Gasteiger partial charge is 0.463 e. The molecule has 1 fully saturated rings. The lowest BCUT2D eigenvalue weighted by Crippen LogP contribution is -2.63. The van der Waals surface area contributed by atoms with E-state index >= 15 is 0 Å². The second kappa shape index (κ2) is 14.0. The maximum Gasteiger partial charge on any atom is 0.303 e. The Morgan fingerprint density at radius 2 is 1.36 bits per heavy atom. The van der Waals surface area contributed by atoms with Crippen LogP contribution < -0.4 is 0 Å². The van der Waals surface area contributed by atoms with Gasteiger partial charge in [0.1, 0.15) is 12.7 Å². The molecule has 5 atom stereocenters. The minimum Gasteiger partial charge on any atom is -0.463 e. The van der Waals surface area contributed by atoms with Crippen molar-refractivity contribution in [2.24, 2.45) is 0 Å². The maximum absolute atomic E-state index is 13.5. The summed E-state index contributed by atoms with van der Waals surface area (Å²) in [6.45, 7) is 4.12. The van der Waals surface area contributed by atoms with Gasteiger partial charge in [-0.3, -0.25) is 19.2 Å². The second-order valence-electron chi connectivity index (χ2n) is 9.97. The van der Waals surface area contributed by atoms with Crippen LogP contribution in [0.15, 0.2) is 65.7 Å². The molecule has 0 aliphatic carbocycles. The van der Waals surface area contributed by atoms with Crippen molar-refractivity contribution in [2.75, 3.05) is 13.2 Å². The first-order chi connectivity index (χ1) is 20.9. The lowest BCUT2D eigenvalue weighted by Gasteiger charge is -2.44. The van der Waals surface area contributed by atoms with Gasteiger partial charge >= 0.3 is 23.9 Å². The summed E-state index contributed by atoms with van der Waals surface area (Å²) in [7, 11) is -3.91. The Bertz CT molecular complexity index is 1620. The molecule has 3 aromatic rings. The minimum absolute atomic E-state index is 0.0624.